The third-order valence-corrected chi connectivity index (χ3v) is 5.12. The Morgan fingerprint density at radius 2 is 2.12 bits per heavy atom. The van der Waals surface area contributed by atoms with Crippen LogP contribution in [-0.4, -0.2) is 54.8 Å². The Bertz CT molecular complexity index is 866. The summed E-state index contributed by atoms with van der Waals surface area (Å²) >= 11 is 1.54. The van der Waals surface area contributed by atoms with Gasteiger partial charge < -0.3 is 30.4 Å². The molecule has 0 unspecified atom stereocenters. The van der Waals surface area contributed by atoms with Crippen molar-refractivity contribution in [3.63, 3.8) is 0 Å². The molecule has 3 aromatic heterocycles. The van der Waals surface area contributed by atoms with Crippen molar-refractivity contribution < 1.29 is 20.1 Å². The molecule has 3 aromatic rings. The van der Waals surface area contributed by atoms with Crippen molar-refractivity contribution in [2.45, 2.75) is 24.5 Å². The molecule has 9 heteroatoms. The number of aliphatic hydroxyl groups excluding tert-OH is 3. The molecule has 0 spiro atoms. The quantitative estimate of drug-likeness (QED) is 0.538. The van der Waals surface area contributed by atoms with E-state index in [4.69, 9.17) is 10.5 Å². The largest absolute Gasteiger partial charge is 0.394 e. The number of aromatic nitrogens is 3. The summed E-state index contributed by atoms with van der Waals surface area (Å²) in [5.41, 5.74) is 7.37. The first-order valence-corrected chi connectivity index (χ1v) is 8.27. The zero-order valence-electron chi connectivity index (χ0n) is 12.5. The van der Waals surface area contributed by atoms with Gasteiger partial charge in [0.15, 0.2) is 6.23 Å². The van der Waals surface area contributed by atoms with Crippen molar-refractivity contribution in [2.24, 2.45) is 0 Å². The molecular weight excluding hydrogens is 332 g/mol. The van der Waals surface area contributed by atoms with Gasteiger partial charge in [-0.3, -0.25) is 0 Å². The average Bonchev–Trinajstić information content (AvgIpc) is 3.28. The molecule has 4 heterocycles. The van der Waals surface area contributed by atoms with E-state index in [9.17, 15) is 15.3 Å². The van der Waals surface area contributed by atoms with E-state index in [-0.39, 0.29) is 6.61 Å². The Hall–Kier alpha value is -2.04. The van der Waals surface area contributed by atoms with E-state index in [0.717, 1.165) is 10.4 Å². The van der Waals surface area contributed by atoms with Crippen LogP contribution in [0.15, 0.2) is 30.0 Å². The van der Waals surface area contributed by atoms with Crippen LogP contribution in [0.5, 0.6) is 0 Å². The van der Waals surface area contributed by atoms with Crippen LogP contribution >= 0.6 is 11.3 Å². The zero-order valence-corrected chi connectivity index (χ0v) is 13.3. The van der Waals surface area contributed by atoms with Gasteiger partial charge in [0.25, 0.3) is 0 Å². The Kier molecular flexibility index (Phi) is 3.74. The number of hydrogen-bond donors (Lipinski definition) is 4. The number of nitrogen functional groups attached to an aromatic ring is 1. The van der Waals surface area contributed by atoms with Crippen LogP contribution in [0.3, 0.4) is 0 Å². The lowest BCUT2D eigenvalue weighted by molar-refractivity contribution is -0.0508. The molecule has 1 saturated heterocycles. The van der Waals surface area contributed by atoms with Crippen LogP contribution < -0.4 is 5.73 Å². The summed E-state index contributed by atoms with van der Waals surface area (Å²) in [5.74, 6) is 0.328. The van der Waals surface area contributed by atoms with E-state index >= 15 is 0 Å². The second-order valence-corrected chi connectivity index (χ2v) is 6.56. The highest BCUT2D eigenvalue weighted by Gasteiger charge is 2.44. The predicted molar refractivity (Wildman–Crippen MR) is 88.3 cm³/mol. The number of anilines is 1. The third kappa shape index (κ3) is 2.21. The first kappa shape index (κ1) is 15.5. The first-order chi connectivity index (χ1) is 11.6. The maximum absolute atomic E-state index is 10.3. The highest BCUT2D eigenvalue weighted by Crippen LogP contribution is 2.39. The summed E-state index contributed by atoms with van der Waals surface area (Å²) < 4.78 is 7.25. The number of fused-ring (bicyclic) bond motifs is 1. The number of thiophene rings is 1. The van der Waals surface area contributed by atoms with Crippen LogP contribution in [0.4, 0.5) is 5.82 Å². The van der Waals surface area contributed by atoms with Gasteiger partial charge in [0, 0.05) is 16.6 Å². The number of ether oxygens (including phenoxy) is 1. The van der Waals surface area contributed by atoms with Crippen LogP contribution in [0, 0.1) is 0 Å². The predicted octanol–water partition coefficient (Wildman–Crippen LogP) is 0.353. The molecule has 1 fully saturated rings. The molecule has 0 bridgehead atoms. The van der Waals surface area contributed by atoms with Crippen molar-refractivity contribution in [2.75, 3.05) is 12.3 Å². The van der Waals surface area contributed by atoms with Crippen molar-refractivity contribution in [3.8, 4) is 10.4 Å². The average molecular weight is 348 g/mol. The van der Waals surface area contributed by atoms with E-state index in [1.165, 1.54) is 6.33 Å². The van der Waals surface area contributed by atoms with Gasteiger partial charge in [-0.15, -0.1) is 11.3 Å². The van der Waals surface area contributed by atoms with Crippen molar-refractivity contribution in [1.82, 2.24) is 14.5 Å². The van der Waals surface area contributed by atoms with E-state index in [1.54, 1.807) is 22.1 Å². The van der Waals surface area contributed by atoms with Crippen LogP contribution in [0.2, 0.25) is 0 Å². The van der Waals surface area contributed by atoms with E-state index < -0.39 is 24.5 Å². The third-order valence-electron chi connectivity index (χ3n) is 4.22. The fraction of sp³-hybridized carbons (Fsp3) is 0.333. The summed E-state index contributed by atoms with van der Waals surface area (Å²) in [6.45, 7) is -0.386. The highest BCUT2D eigenvalue weighted by molar-refractivity contribution is 7.13. The van der Waals surface area contributed by atoms with Crippen molar-refractivity contribution in [1.29, 1.82) is 0 Å². The van der Waals surface area contributed by atoms with Gasteiger partial charge in [-0.05, 0) is 11.4 Å². The summed E-state index contributed by atoms with van der Waals surface area (Å²) in [5, 5.41) is 32.2. The molecule has 126 valence electrons. The van der Waals surface area contributed by atoms with Gasteiger partial charge in [0.2, 0.25) is 0 Å². The summed E-state index contributed by atoms with van der Waals surface area (Å²) in [7, 11) is 0. The monoisotopic (exact) mass is 348 g/mol. The normalized spacial score (nSPS) is 27.1. The maximum atomic E-state index is 10.3. The molecule has 0 aliphatic carbocycles. The van der Waals surface area contributed by atoms with Crippen LogP contribution in [0.25, 0.3) is 21.5 Å². The number of rotatable bonds is 3. The molecule has 0 radical (unpaired) electrons. The van der Waals surface area contributed by atoms with Gasteiger partial charge in [-0.2, -0.15) is 0 Å². The smallest absolute Gasteiger partial charge is 0.164 e. The summed E-state index contributed by atoms with van der Waals surface area (Å²) in [4.78, 5) is 9.30. The van der Waals surface area contributed by atoms with Crippen molar-refractivity contribution in [3.05, 3.63) is 30.0 Å². The first-order valence-electron chi connectivity index (χ1n) is 7.39. The Morgan fingerprint density at radius 3 is 2.79 bits per heavy atom. The second-order valence-electron chi connectivity index (χ2n) is 5.61. The molecule has 4 atom stereocenters. The number of hydrogen-bond acceptors (Lipinski definition) is 8. The molecule has 0 saturated carbocycles. The van der Waals surface area contributed by atoms with Gasteiger partial charge in [0.05, 0.1) is 12.0 Å². The number of aliphatic hydroxyl groups is 3. The summed E-state index contributed by atoms with van der Waals surface area (Å²) in [6, 6.07) is 3.88. The molecule has 5 N–H and O–H groups in total. The second kappa shape index (κ2) is 5.80. The molecule has 0 aromatic carbocycles. The minimum Gasteiger partial charge on any atom is -0.394 e. The molecule has 4 rings (SSSR count). The zero-order chi connectivity index (χ0) is 16.8. The molecule has 1 aliphatic heterocycles. The topological polar surface area (TPSA) is 127 Å². The Labute approximate surface area is 140 Å². The molecule has 24 heavy (non-hydrogen) atoms. The molecular formula is C15H16N4O4S. The van der Waals surface area contributed by atoms with E-state index in [1.807, 2.05) is 17.5 Å². The van der Waals surface area contributed by atoms with E-state index in [0.29, 0.717) is 16.9 Å². The van der Waals surface area contributed by atoms with Crippen molar-refractivity contribution >= 4 is 28.2 Å². The number of nitrogens with two attached hydrogens (primary N) is 1. The van der Waals surface area contributed by atoms with E-state index in [2.05, 4.69) is 9.97 Å². The lowest BCUT2D eigenvalue weighted by Crippen LogP contribution is -2.33. The van der Waals surface area contributed by atoms with Gasteiger partial charge in [-0.25, -0.2) is 9.97 Å². The lowest BCUT2D eigenvalue weighted by Gasteiger charge is -2.17. The maximum Gasteiger partial charge on any atom is 0.164 e. The minimum absolute atomic E-state index is 0.328. The highest BCUT2D eigenvalue weighted by atomic mass is 32.1. The van der Waals surface area contributed by atoms with Crippen LogP contribution in [0.1, 0.15) is 6.23 Å². The SMILES string of the molecule is Nc1ncnc2c1c(-c1cccs1)cn2[C@@H]1O[C@H](CO)[C@@H](O)[C@@H]1O. The minimum atomic E-state index is -1.19. The van der Waals surface area contributed by atoms with Gasteiger partial charge >= 0.3 is 0 Å². The molecule has 0 amide bonds. The number of nitrogens with zero attached hydrogens (tertiary/aromatic N) is 3. The lowest BCUT2D eigenvalue weighted by atomic mass is 10.1. The summed E-state index contributed by atoms with van der Waals surface area (Å²) in [6.07, 6.45) is -0.975. The standard InChI is InChI=1S/C15H16N4O4S/c16-13-10-7(9-2-1-3-24-9)4-19(14(10)18-6-17-13)15-12(22)11(21)8(5-20)23-15/h1-4,6,8,11-12,15,20-22H,5H2,(H2,16,17,18)/t8-,11-,12+,15-/m1/s1. The van der Waals surface area contributed by atoms with Gasteiger partial charge in [0.1, 0.15) is 36.1 Å². The molecule has 1 aliphatic rings. The Morgan fingerprint density at radius 1 is 1.29 bits per heavy atom. The Balaban J connectivity index is 1.90. The van der Waals surface area contributed by atoms with Crippen LogP contribution in [-0.2, 0) is 4.74 Å². The van der Waals surface area contributed by atoms with Gasteiger partial charge in [-0.1, -0.05) is 6.07 Å². The fourth-order valence-electron chi connectivity index (χ4n) is 3.03. The fourth-order valence-corrected chi connectivity index (χ4v) is 3.77. The molecule has 8 nitrogen and oxygen atoms in total.